The average Bonchev–Trinajstić information content (AvgIpc) is 2.95. The molecule has 3 rings (SSSR count). The van der Waals surface area contributed by atoms with Crippen LogP contribution < -0.4 is 4.72 Å². The van der Waals surface area contributed by atoms with Crippen molar-refractivity contribution >= 4 is 15.8 Å². The SMILES string of the molecule is Cc1cc(NS(=O)(=O)c2cncc(C#N)c2)n(-c2ccccc2)n1. The molecule has 0 saturated carbocycles. The number of anilines is 1. The maximum atomic E-state index is 12.6. The fourth-order valence-corrected chi connectivity index (χ4v) is 3.18. The summed E-state index contributed by atoms with van der Waals surface area (Å²) in [5, 5.41) is 13.2. The van der Waals surface area contributed by atoms with Crippen LogP contribution in [0.1, 0.15) is 11.3 Å². The highest BCUT2D eigenvalue weighted by Gasteiger charge is 2.19. The second-order valence-electron chi connectivity index (χ2n) is 5.04. The Kier molecular flexibility index (Phi) is 4.02. The second-order valence-corrected chi connectivity index (χ2v) is 6.73. The van der Waals surface area contributed by atoms with E-state index in [-0.39, 0.29) is 10.5 Å². The molecule has 0 amide bonds. The summed E-state index contributed by atoms with van der Waals surface area (Å²) in [7, 11) is -3.89. The number of sulfonamides is 1. The second kappa shape index (κ2) is 6.14. The van der Waals surface area contributed by atoms with Gasteiger partial charge in [-0.15, -0.1) is 0 Å². The molecule has 0 aliphatic carbocycles. The molecule has 0 atom stereocenters. The molecular weight excluding hydrogens is 326 g/mol. The Morgan fingerprint density at radius 1 is 1.17 bits per heavy atom. The summed E-state index contributed by atoms with van der Waals surface area (Å²) in [5.41, 5.74) is 1.57. The molecule has 0 fully saturated rings. The van der Waals surface area contributed by atoms with Gasteiger partial charge in [0.05, 0.1) is 16.9 Å². The maximum Gasteiger partial charge on any atom is 0.264 e. The molecule has 0 bridgehead atoms. The number of hydrogen-bond acceptors (Lipinski definition) is 5. The number of nitriles is 1. The van der Waals surface area contributed by atoms with Gasteiger partial charge in [-0.25, -0.2) is 13.1 Å². The molecule has 2 aromatic heterocycles. The van der Waals surface area contributed by atoms with Crippen molar-refractivity contribution in [3.8, 4) is 11.8 Å². The van der Waals surface area contributed by atoms with Gasteiger partial charge in [-0.3, -0.25) is 9.71 Å². The molecule has 1 N–H and O–H groups in total. The molecule has 0 spiro atoms. The number of nitrogens with zero attached hydrogens (tertiary/aromatic N) is 4. The lowest BCUT2D eigenvalue weighted by Crippen LogP contribution is -2.16. The molecular formula is C16H13N5O2S. The summed E-state index contributed by atoms with van der Waals surface area (Å²) in [6.45, 7) is 1.77. The van der Waals surface area contributed by atoms with Crippen molar-refractivity contribution in [2.45, 2.75) is 11.8 Å². The molecule has 1 aromatic carbocycles. The first kappa shape index (κ1) is 15.7. The Labute approximate surface area is 139 Å². The Morgan fingerprint density at radius 2 is 1.92 bits per heavy atom. The number of aryl methyl sites for hydroxylation is 1. The highest BCUT2D eigenvalue weighted by molar-refractivity contribution is 7.92. The lowest BCUT2D eigenvalue weighted by molar-refractivity contribution is 0.600. The monoisotopic (exact) mass is 339 g/mol. The summed E-state index contributed by atoms with van der Waals surface area (Å²) in [4.78, 5) is 3.70. The summed E-state index contributed by atoms with van der Waals surface area (Å²) >= 11 is 0. The van der Waals surface area contributed by atoms with Crippen LogP contribution >= 0.6 is 0 Å². The minimum absolute atomic E-state index is 0.0833. The van der Waals surface area contributed by atoms with Crippen LogP contribution in [0.5, 0.6) is 0 Å². The number of pyridine rings is 1. The van der Waals surface area contributed by atoms with E-state index in [1.54, 1.807) is 13.0 Å². The highest BCUT2D eigenvalue weighted by atomic mass is 32.2. The summed E-state index contributed by atoms with van der Waals surface area (Å²) in [6, 6.07) is 14.0. The van der Waals surface area contributed by atoms with Gasteiger partial charge in [-0.05, 0) is 25.1 Å². The summed E-state index contributed by atoms with van der Waals surface area (Å²) in [5.74, 6) is 0.307. The van der Waals surface area contributed by atoms with E-state index in [2.05, 4.69) is 14.8 Å². The number of rotatable bonds is 4. The molecule has 0 aliphatic heterocycles. The zero-order valence-electron chi connectivity index (χ0n) is 12.7. The van der Waals surface area contributed by atoms with Gasteiger partial charge >= 0.3 is 0 Å². The van der Waals surface area contributed by atoms with Gasteiger partial charge in [-0.1, -0.05) is 18.2 Å². The van der Waals surface area contributed by atoms with Crippen molar-refractivity contribution in [3.05, 3.63) is 66.1 Å². The first-order valence-electron chi connectivity index (χ1n) is 7.00. The van der Waals surface area contributed by atoms with Crippen LogP contribution in [0.2, 0.25) is 0 Å². The zero-order valence-corrected chi connectivity index (χ0v) is 13.5. The van der Waals surface area contributed by atoms with Crippen LogP contribution in [-0.2, 0) is 10.0 Å². The van der Waals surface area contributed by atoms with Gasteiger partial charge in [0.25, 0.3) is 10.0 Å². The normalized spacial score (nSPS) is 11.0. The zero-order chi connectivity index (χ0) is 17.2. The number of benzene rings is 1. The first-order chi connectivity index (χ1) is 11.5. The predicted octanol–water partition coefficient (Wildman–Crippen LogP) is 2.25. The first-order valence-corrected chi connectivity index (χ1v) is 8.48. The molecule has 0 radical (unpaired) electrons. The minimum atomic E-state index is -3.89. The average molecular weight is 339 g/mol. The van der Waals surface area contributed by atoms with E-state index >= 15 is 0 Å². The van der Waals surface area contributed by atoms with Crippen LogP contribution in [0.15, 0.2) is 59.8 Å². The van der Waals surface area contributed by atoms with Crippen molar-refractivity contribution in [2.75, 3.05) is 4.72 Å². The molecule has 2 heterocycles. The van der Waals surface area contributed by atoms with Crippen molar-refractivity contribution in [1.82, 2.24) is 14.8 Å². The molecule has 0 unspecified atom stereocenters. The van der Waals surface area contributed by atoms with E-state index in [0.717, 1.165) is 5.69 Å². The third-order valence-electron chi connectivity index (χ3n) is 3.22. The Morgan fingerprint density at radius 3 is 2.62 bits per heavy atom. The minimum Gasteiger partial charge on any atom is -0.263 e. The van der Waals surface area contributed by atoms with E-state index in [1.807, 2.05) is 36.4 Å². The molecule has 8 heteroatoms. The van der Waals surface area contributed by atoms with E-state index in [4.69, 9.17) is 5.26 Å². The molecule has 24 heavy (non-hydrogen) atoms. The predicted molar refractivity (Wildman–Crippen MR) is 88.1 cm³/mol. The van der Waals surface area contributed by atoms with Gasteiger partial charge in [0.15, 0.2) is 0 Å². The van der Waals surface area contributed by atoms with Crippen molar-refractivity contribution in [1.29, 1.82) is 5.26 Å². The van der Waals surface area contributed by atoms with Crippen LogP contribution in [0, 0.1) is 18.3 Å². The van der Waals surface area contributed by atoms with Gasteiger partial charge in [0.2, 0.25) is 0 Å². The number of aromatic nitrogens is 3. The fourth-order valence-electron chi connectivity index (χ4n) is 2.16. The van der Waals surface area contributed by atoms with Crippen LogP contribution in [0.3, 0.4) is 0 Å². The largest absolute Gasteiger partial charge is 0.264 e. The number of para-hydroxylation sites is 1. The summed E-state index contributed by atoms with van der Waals surface area (Å²) < 4.78 is 29.1. The third kappa shape index (κ3) is 3.11. The maximum absolute atomic E-state index is 12.6. The van der Waals surface area contributed by atoms with Gasteiger partial charge in [0, 0.05) is 18.5 Å². The topological polar surface area (TPSA) is 101 Å². The smallest absolute Gasteiger partial charge is 0.263 e. The number of nitrogens with one attached hydrogen (secondary N) is 1. The Hall–Kier alpha value is -3.18. The summed E-state index contributed by atoms with van der Waals surface area (Å²) in [6.07, 6.45) is 2.50. The van der Waals surface area contributed by atoms with E-state index < -0.39 is 10.0 Å². The Balaban J connectivity index is 2.01. The van der Waals surface area contributed by atoms with Crippen LogP contribution in [0.25, 0.3) is 5.69 Å². The molecule has 3 aromatic rings. The third-order valence-corrected chi connectivity index (χ3v) is 4.55. The highest BCUT2D eigenvalue weighted by Crippen LogP contribution is 2.20. The quantitative estimate of drug-likeness (QED) is 0.785. The lowest BCUT2D eigenvalue weighted by atomic mass is 10.3. The molecule has 120 valence electrons. The van der Waals surface area contributed by atoms with Crippen LogP contribution in [-0.4, -0.2) is 23.2 Å². The number of hydrogen-bond donors (Lipinski definition) is 1. The molecule has 0 saturated heterocycles. The molecule has 0 aliphatic rings. The standard InChI is InChI=1S/C16H13N5O2S/c1-12-7-16(21(19-12)14-5-3-2-4-6-14)20-24(22,23)15-8-13(9-17)10-18-11-15/h2-8,10-11,20H,1H3. The van der Waals surface area contributed by atoms with Crippen molar-refractivity contribution in [2.24, 2.45) is 0 Å². The van der Waals surface area contributed by atoms with E-state index in [9.17, 15) is 8.42 Å². The van der Waals surface area contributed by atoms with Crippen molar-refractivity contribution in [3.63, 3.8) is 0 Å². The lowest BCUT2D eigenvalue weighted by Gasteiger charge is -2.10. The van der Waals surface area contributed by atoms with Crippen LogP contribution in [0.4, 0.5) is 5.82 Å². The Bertz CT molecular complexity index is 1020. The van der Waals surface area contributed by atoms with Crippen molar-refractivity contribution < 1.29 is 8.42 Å². The van der Waals surface area contributed by atoms with Gasteiger partial charge in [0.1, 0.15) is 16.8 Å². The fraction of sp³-hybridized carbons (Fsp3) is 0.0625. The van der Waals surface area contributed by atoms with E-state index in [1.165, 1.54) is 23.1 Å². The van der Waals surface area contributed by atoms with Gasteiger partial charge < -0.3 is 0 Å². The molecule has 7 nitrogen and oxygen atoms in total. The van der Waals surface area contributed by atoms with E-state index in [0.29, 0.717) is 11.5 Å². The van der Waals surface area contributed by atoms with Gasteiger partial charge in [-0.2, -0.15) is 10.4 Å².